The predicted octanol–water partition coefficient (Wildman–Crippen LogP) is 1.45. The van der Waals surface area contributed by atoms with Gasteiger partial charge in [0.2, 0.25) is 5.91 Å². The third-order valence-electron chi connectivity index (χ3n) is 4.13. The number of nitrogens with one attached hydrogen (secondary N) is 1. The third kappa shape index (κ3) is 7.45. The minimum absolute atomic E-state index is 0. The van der Waals surface area contributed by atoms with Crippen LogP contribution < -0.4 is 5.32 Å². The Hall–Kier alpha value is -0.360. The summed E-state index contributed by atoms with van der Waals surface area (Å²) >= 11 is 0. The highest BCUT2D eigenvalue weighted by molar-refractivity contribution is 5.85. The molecule has 5 nitrogen and oxygen atoms in total. The van der Waals surface area contributed by atoms with Crippen LogP contribution in [0.15, 0.2) is 0 Å². The lowest BCUT2D eigenvalue weighted by Crippen LogP contribution is -2.45. The van der Waals surface area contributed by atoms with Gasteiger partial charge in [-0.05, 0) is 38.1 Å². The number of nitrogens with zero attached hydrogens (tertiary/aromatic N) is 1. The molecule has 124 valence electrons. The Bertz CT molecular complexity index is 293. The summed E-state index contributed by atoms with van der Waals surface area (Å²) in [4.78, 5) is 14.0. The van der Waals surface area contributed by atoms with Crippen molar-refractivity contribution < 1.29 is 14.3 Å². The van der Waals surface area contributed by atoms with Gasteiger partial charge in [-0.1, -0.05) is 0 Å². The maximum atomic E-state index is 12.0. The molecule has 2 rings (SSSR count). The lowest BCUT2D eigenvalue weighted by Gasteiger charge is -2.32. The molecule has 0 aromatic rings. The largest absolute Gasteiger partial charge is 0.382 e. The van der Waals surface area contributed by atoms with E-state index < -0.39 is 0 Å². The SMILES string of the molecule is COCCOCCC(=O)N1CCC(NCC2CC2)CC1.Cl. The van der Waals surface area contributed by atoms with Gasteiger partial charge in [0.1, 0.15) is 0 Å². The maximum Gasteiger partial charge on any atom is 0.224 e. The van der Waals surface area contributed by atoms with Gasteiger partial charge >= 0.3 is 0 Å². The van der Waals surface area contributed by atoms with Crippen molar-refractivity contribution in [1.29, 1.82) is 0 Å². The van der Waals surface area contributed by atoms with Gasteiger partial charge in [-0.25, -0.2) is 0 Å². The molecule has 1 N–H and O–H groups in total. The first-order chi connectivity index (χ1) is 9.79. The van der Waals surface area contributed by atoms with Gasteiger partial charge in [0, 0.05) is 26.2 Å². The average molecular weight is 321 g/mol. The van der Waals surface area contributed by atoms with Crippen LogP contribution in [0.1, 0.15) is 32.1 Å². The average Bonchev–Trinajstić information content (AvgIpc) is 3.29. The number of rotatable bonds is 9. The molecule has 0 bridgehead atoms. The van der Waals surface area contributed by atoms with Crippen LogP contribution in [0.4, 0.5) is 0 Å². The summed E-state index contributed by atoms with van der Waals surface area (Å²) in [6.45, 7) is 4.61. The highest BCUT2D eigenvalue weighted by Crippen LogP contribution is 2.28. The molecule has 0 atom stereocenters. The normalized spacial score (nSPS) is 19.4. The summed E-state index contributed by atoms with van der Waals surface area (Å²) in [5.41, 5.74) is 0. The molecule has 2 fully saturated rings. The molecular formula is C15H29ClN2O3. The van der Waals surface area contributed by atoms with E-state index in [-0.39, 0.29) is 18.3 Å². The van der Waals surface area contributed by atoms with Crippen LogP contribution >= 0.6 is 12.4 Å². The van der Waals surface area contributed by atoms with E-state index in [0.29, 0.717) is 32.3 Å². The van der Waals surface area contributed by atoms with Crippen LogP contribution in [0.5, 0.6) is 0 Å². The van der Waals surface area contributed by atoms with Crippen molar-refractivity contribution in [1.82, 2.24) is 10.2 Å². The van der Waals surface area contributed by atoms with E-state index >= 15 is 0 Å². The number of ether oxygens (including phenoxy) is 2. The number of halogens is 1. The van der Waals surface area contributed by atoms with E-state index in [1.807, 2.05) is 4.90 Å². The second-order valence-electron chi connectivity index (χ2n) is 5.86. The second-order valence-corrected chi connectivity index (χ2v) is 5.86. The quantitative estimate of drug-likeness (QED) is 0.653. The van der Waals surface area contributed by atoms with Crippen LogP contribution in [-0.2, 0) is 14.3 Å². The highest BCUT2D eigenvalue weighted by atomic mass is 35.5. The zero-order valence-corrected chi connectivity index (χ0v) is 13.8. The Morgan fingerprint density at radius 2 is 1.86 bits per heavy atom. The molecule has 1 saturated carbocycles. The summed E-state index contributed by atoms with van der Waals surface area (Å²) in [5, 5.41) is 3.63. The number of hydrogen-bond donors (Lipinski definition) is 1. The van der Waals surface area contributed by atoms with Gasteiger partial charge in [-0.2, -0.15) is 0 Å². The van der Waals surface area contributed by atoms with Gasteiger partial charge in [0.15, 0.2) is 0 Å². The Labute approximate surface area is 134 Å². The molecule has 1 aliphatic carbocycles. The molecule has 0 spiro atoms. The molecule has 1 heterocycles. The van der Waals surface area contributed by atoms with Crippen LogP contribution in [-0.4, -0.2) is 63.4 Å². The van der Waals surface area contributed by atoms with E-state index in [1.54, 1.807) is 7.11 Å². The topological polar surface area (TPSA) is 50.8 Å². The van der Waals surface area contributed by atoms with Crippen LogP contribution in [0.25, 0.3) is 0 Å². The predicted molar refractivity (Wildman–Crippen MR) is 84.9 cm³/mol. The summed E-state index contributed by atoms with van der Waals surface area (Å²) in [7, 11) is 1.65. The second kappa shape index (κ2) is 10.4. The van der Waals surface area contributed by atoms with E-state index in [4.69, 9.17) is 9.47 Å². The van der Waals surface area contributed by atoms with E-state index in [1.165, 1.54) is 19.4 Å². The fourth-order valence-corrected chi connectivity index (χ4v) is 2.55. The molecule has 1 saturated heterocycles. The number of hydrogen-bond acceptors (Lipinski definition) is 4. The van der Waals surface area contributed by atoms with Crippen molar-refractivity contribution in [3.8, 4) is 0 Å². The molecule has 0 unspecified atom stereocenters. The molecule has 1 amide bonds. The minimum Gasteiger partial charge on any atom is -0.382 e. The van der Waals surface area contributed by atoms with E-state index in [9.17, 15) is 4.79 Å². The molecule has 0 aromatic carbocycles. The summed E-state index contributed by atoms with van der Waals surface area (Å²) in [5.74, 6) is 1.15. The number of amides is 1. The van der Waals surface area contributed by atoms with Crippen molar-refractivity contribution >= 4 is 18.3 Å². The Balaban J connectivity index is 0.00000220. The first-order valence-electron chi connectivity index (χ1n) is 7.87. The summed E-state index contributed by atoms with van der Waals surface area (Å²) in [6, 6.07) is 0.609. The zero-order chi connectivity index (χ0) is 14.2. The molecular weight excluding hydrogens is 292 g/mol. The Morgan fingerprint density at radius 1 is 1.14 bits per heavy atom. The van der Waals surface area contributed by atoms with E-state index in [0.717, 1.165) is 31.8 Å². The van der Waals surface area contributed by atoms with Crippen molar-refractivity contribution in [2.75, 3.05) is 46.6 Å². The van der Waals surface area contributed by atoms with Gasteiger partial charge < -0.3 is 19.7 Å². The lowest BCUT2D eigenvalue weighted by atomic mass is 10.0. The van der Waals surface area contributed by atoms with Gasteiger partial charge in [-0.15, -0.1) is 12.4 Å². The number of carbonyl (C=O) groups is 1. The highest BCUT2D eigenvalue weighted by Gasteiger charge is 2.25. The van der Waals surface area contributed by atoms with Crippen molar-refractivity contribution in [2.24, 2.45) is 5.92 Å². The standard InChI is InChI=1S/C15H28N2O3.ClH/c1-19-10-11-20-9-6-15(18)17-7-4-14(5-8-17)16-12-13-2-3-13;/h13-14,16H,2-12H2,1H3;1H. The molecule has 0 radical (unpaired) electrons. The van der Waals surface area contributed by atoms with Gasteiger partial charge in [-0.3, -0.25) is 4.79 Å². The minimum atomic E-state index is 0. The van der Waals surface area contributed by atoms with Crippen molar-refractivity contribution in [3.63, 3.8) is 0 Å². The van der Waals surface area contributed by atoms with Crippen LogP contribution in [0.2, 0.25) is 0 Å². The molecule has 6 heteroatoms. The van der Waals surface area contributed by atoms with E-state index in [2.05, 4.69) is 5.32 Å². The summed E-state index contributed by atoms with van der Waals surface area (Å²) in [6.07, 6.45) is 5.46. The van der Waals surface area contributed by atoms with Crippen molar-refractivity contribution in [2.45, 2.75) is 38.1 Å². The monoisotopic (exact) mass is 320 g/mol. The fraction of sp³-hybridized carbons (Fsp3) is 0.933. The molecule has 2 aliphatic rings. The number of methoxy groups -OCH3 is 1. The number of piperidine rings is 1. The van der Waals surface area contributed by atoms with Crippen LogP contribution in [0.3, 0.4) is 0 Å². The number of carbonyl (C=O) groups excluding carboxylic acids is 1. The lowest BCUT2D eigenvalue weighted by molar-refractivity contribution is -0.133. The number of likely N-dealkylation sites (tertiary alicyclic amines) is 1. The first kappa shape index (κ1) is 18.7. The third-order valence-corrected chi connectivity index (χ3v) is 4.13. The smallest absolute Gasteiger partial charge is 0.224 e. The fourth-order valence-electron chi connectivity index (χ4n) is 2.55. The molecule has 1 aliphatic heterocycles. The first-order valence-corrected chi connectivity index (χ1v) is 7.87. The molecule has 21 heavy (non-hydrogen) atoms. The Kier molecular flexibility index (Phi) is 9.24. The zero-order valence-electron chi connectivity index (χ0n) is 13.0. The van der Waals surface area contributed by atoms with Crippen molar-refractivity contribution in [3.05, 3.63) is 0 Å². The maximum absolute atomic E-state index is 12.0. The Morgan fingerprint density at radius 3 is 2.48 bits per heavy atom. The van der Waals surface area contributed by atoms with Gasteiger partial charge in [0.25, 0.3) is 0 Å². The van der Waals surface area contributed by atoms with Gasteiger partial charge in [0.05, 0.1) is 26.2 Å². The van der Waals surface area contributed by atoms with Crippen LogP contribution in [0, 0.1) is 5.92 Å². The molecule has 0 aromatic heterocycles. The summed E-state index contributed by atoms with van der Waals surface area (Å²) < 4.78 is 10.2.